The topological polar surface area (TPSA) is 40.5 Å². The molecule has 1 unspecified atom stereocenters. The highest BCUT2D eigenvalue weighted by Crippen LogP contribution is 2.35. The van der Waals surface area contributed by atoms with E-state index >= 15 is 0 Å². The van der Waals surface area contributed by atoms with Gasteiger partial charge in [0.05, 0.1) is 5.92 Å². The van der Waals surface area contributed by atoms with Gasteiger partial charge in [0, 0.05) is 0 Å². The van der Waals surface area contributed by atoms with Crippen LogP contribution in [0.25, 0.3) is 0 Å². The molecule has 1 aromatic rings. The lowest BCUT2D eigenvalue weighted by Crippen LogP contribution is -2.22. The van der Waals surface area contributed by atoms with Crippen LogP contribution >= 0.6 is 12.4 Å². The molecule has 4 heteroatoms. The number of carboxylic acids is 1. The molecule has 0 aliphatic rings. The fraction of sp³-hybridized carbons (Fsp3) is 0.611. The Bertz CT molecular complexity index is 458. The van der Waals surface area contributed by atoms with E-state index < -0.39 is 11.9 Å². The molecular formula is C18H30ClNO2. The molecule has 0 aliphatic carbocycles. The molecule has 22 heavy (non-hydrogen) atoms. The highest BCUT2D eigenvalue weighted by molar-refractivity contribution is 5.85. The average molecular weight is 328 g/mol. The Kier molecular flexibility index (Phi) is 8.72. The highest BCUT2D eigenvalue weighted by Gasteiger charge is 2.27. The first kappa shape index (κ1) is 20.9. The van der Waals surface area contributed by atoms with Crippen LogP contribution < -0.4 is 0 Å². The van der Waals surface area contributed by atoms with Crippen LogP contribution in [0.15, 0.2) is 18.2 Å². The van der Waals surface area contributed by atoms with Gasteiger partial charge in [-0.25, -0.2) is 0 Å². The number of hydrogen-bond donors (Lipinski definition) is 1. The molecule has 0 fully saturated rings. The molecule has 0 aromatic heterocycles. The summed E-state index contributed by atoms with van der Waals surface area (Å²) in [4.78, 5) is 13.9. The maximum atomic E-state index is 11.8. The van der Waals surface area contributed by atoms with Gasteiger partial charge in [0.25, 0.3) is 0 Å². The molecule has 1 atom stereocenters. The molecule has 1 rings (SSSR count). The van der Waals surface area contributed by atoms with E-state index in [1.165, 1.54) is 11.1 Å². The Hall–Kier alpha value is -1.06. The van der Waals surface area contributed by atoms with Gasteiger partial charge >= 0.3 is 5.97 Å². The summed E-state index contributed by atoms with van der Waals surface area (Å²) in [5.74, 6) is -0.477. The van der Waals surface area contributed by atoms with Crippen molar-refractivity contribution in [3.05, 3.63) is 34.9 Å². The number of nitrogens with zero attached hydrogens (tertiary/aromatic N) is 1. The van der Waals surface area contributed by atoms with E-state index in [0.29, 0.717) is 18.3 Å². The van der Waals surface area contributed by atoms with Crippen LogP contribution in [0.3, 0.4) is 0 Å². The van der Waals surface area contributed by atoms with Gasteiger partial charge in [0.15, 0.2) is 0 Å². The van der Waals surface area contributed by atoms with Crippen molar-refractivity contribution >= 4 is 18.4 Å². The van der Waals surface area contributed by atoms with E-state index in [4.69, 9.17) is 0 Å². The van der Waals surface area contributed by atoms with Gasteiger partial charge in [-0.3, -0.25) is 4.79 Å². The van der Waals surface area contributed by atoms with Crippen molar-refractivity contribution in [2.45, 2.75) is 51.9 Å². The Morgan fingerprint density at radius 2 is 1.55 bits per heavy atom. The summed E-state index contributed by atoms with van der Waals surface area (Å²) in [6, 6.07) is 6.22. The molecule has 0 aliphatic heterocycles. The number of hydrogen-bond acceptors (Lipinski definition) is 2. The molecule has 126 valence electrons. The van der Waals surface area contributed by atoms with E-state index in [1.54, 1.807) is 0 Å². The number of rotatable bonds is 7. The quantitative estimate of drug-likeness (QED) is 0.803. The van der Waals surface area contributed by atoms with Gasteiger partial charge in [-0.15, -0.1) is 12.4 Å². The summed E-state index contributed by atoms with van der Waals surface area (Å²) < 4.78 is 0. The normalized spacial score (nSPS) is 12.6. The largest absolute Gasteiger partial charge is 0.481 e. The maximum Gasteiger partial charge on any atom is 0.311 e. The monoisotopic (exact) mass is 327 g/mol. The number of carbonyl (C=O) groups is 1. The predicted molar refractivity (Wildman–Crippen MR) is 95.4 cm³/mol. The fourth-order valence-electron chi connectivity index (χ4n) is 2.79. The zero-order valence-corrected chi connectivity index (χ0v) is 15.4. The third-order valence-electron chi connectivity index (χ3n) is 3.93. The van der Waals surface area contributed by atoms with Gasteiger partial charge in [0.2, 0.25) is 0 Å². The summed E-state index contributed by atoms with van der Waals surface area (Å²) in [5.41, 5.74) is 3.39. The molecule has 0 amide bonds. The zero-order valence-electron chi connectivity index (χ0n) is 14.6. The lowest BCUT2D eigenvalue weighted by atomic mass is 9.80. The first-order valence-electron chi connectivity index (χ1n) is 7.75. The predicted octanol–water partition coefficient (Wildman–Crippen LogP) is 4.48. The van der Waals surface area contributed by atoms with Gasteiger partial charge < -0.3 is 10.0 Å². The van der Waals surface area contributed by atoms with Crippen LogP contribution in [0.4, 0.5) is 0 Å². The molecular weight excluding hydrogens is 298 g/mol. The van der Waals surface area contributed by atoms with E-state index in [0.717, 1.165) is 12.1 Å². The van der Waals surface area contributed by atoms with E-state index in [9.17, 15) is 9.90 Å². The van der Waals surface area contributed by atoms with Crippen LogP contribution in [-0.4, -0.2) is 36.6 Å². The third kappa shape index (κ3) is 5.29. The van der Waals surface area contributed by atoms with Crippen molar-refractivity contribution in [2.75, 3.05) is 20.6 Å². The second kappa shape index (κ2) is 9.16. The maximum absolute atomic E-state index is 11.8. The van der Waals surface area contributed by atoms with Gasteiger partial charge in [-0.2, -0.15) is 0 Å². The molecule has 1 N–H and O–H groups in total. The molecule has 0 heterocycles. The van der Waals surface area contributed by atoms with Crippen LogP contribution in [0, 0.1) is 0 Å². The Morgan fingerprint density at radius 3 is 1.86 bits per heavy atom. The van der Waals surface area contributed by atoms with Crippen LogP contribution in [0.1, 0.15) is 68.6 Å². The Labute approximate surface area is 141 Å². The van der Waals surface area contributed by atoms with Gasteiger partial charge in [0.1, 0.15) is 0 Å². The fourth-order valence-corrected chi connectivity index (χ4v) is 2.79. The lowest BCUT2D eigenvalue weighted by Gasteiger charge is -2.25. The molecule has 0 saturated heterocycles. The molecule has 0 bridgehead atoms. The van der Waals surface area contributed by atoms with Crippen LogP contribution in [0.5, 0.6) is 0 Å². The second-order valence-corrected chi connectivity index (χ2v) is 6.64. The second-order valence-electron chi connectivity index (χ2n) is 6.64. The third-order valence-corrected chi connectivity index (χ3v) is 3.93. The molecule has 0 radical (unpaired) electrons. The minimum Gasteiger partial charge on any atom is -0.481 e. The minimum absolute atomic E-state index is 0. The first-order chi connectivity index (χ1) is 9.75. The summed E-state index contributed by atoms with van der Waals surface area (Å²) in [5, 5.41) is 9.73. The van der Waals surface area contributed by atoms with E-state index in [2.05, 4.69) is 45.9 Å². The van der Waals surface area contributed by atoms with Crippen molar-refractivity contribution in [2.24, 2.45) is 0 Å². The number of aliphatic carboxylic acids is 1. The highest BCUT2D eigenvalue weighted by atomic mass is 35.5. The van der Waals surface area contributed by atoms with Gasteiger partial charge in [-0.05, 0) is 55.6 Å². The molecule has 3 nitrogen and oxygen atoms in total. The summed E-state index contributed by atoms with van der Waals surface area (Å²) >= 11 is 0. The van der Waals surface area contributed by atoms with E-state index in [1.807, 2.05) is 19.0 Å². The van der Waals surface area contributed by atoms with Crippen LogP contribution in [0.2, 0.25) is 0 Å². The number of carboxylic acid groups (broad SMARTS) is 1. The summed E-state index contributed by atoms with van der Waals surface area (Å²) in [6.07, 6.45) is 0.645. The van der Waals surface area contributed by atoms with Crippen molar-refractivity contribution in [1.82, 2.24) is 4.90 Å². The van der Waals surface area contributed by atoms with Crippen molar-refractivity contribution < 1.29 is 9.90 Å². The SMILES string of the molecule is CC(C)c1cccc(C(C)C)c1C(CCN(C)C)C(=O)O.Cl. The summed E-state index contributed by atoms with van der Waals surface area (Å²) in [6.45, 7) is 9.31. The minimum atomic E-state index is -0.716. The van der Waals surface area contributed by atoms with Crippen molar-refractivity contribution in [1.29, 1.82) is 0 Å². The number of halogens is 1. The standard InChI is InChI=1S/C18H29NO2.ClH/c1-12(2)14-8-7-9-15(13(3)4)17(14)16(18(20)21)10-11-19(5)6;/h7-9,12-13,16H,10-11H2,1-6H3,(H,20,21);1H. The summed E-state index contributed by atoms with van der Waals surface area (Å²) in [7, 11) is 3.97. The van der Waals surface area contributed by atoms with Crippen molar-refractivity contribution in [3.63, 3.8) is 0 Å². The lowest BCUT2D eigenvalue weighted by molar-refractivity contribution is -0.139. The smallest absolute Gasteiger partial charge is 0.311 e. The molecule has 0 saturated carbocycles. The molecule has 0 spiro atoms. The number of benzene rings is 1. The molecule has 1 aromatic carbocycles. The first-order valence-corrected chi connectivity index (χ1v) is 7.75. The van der Waals surface area contributed by atoms with Crippen LogP contribution in [-0.2, 0) is 4.79 Å². The van der Waals surface area contributed by atoms with Gasteiger partial charge in [-0.1, -0.05) is 45.9 Å². The Balaban J connectivity index is 0.00000441. The van der Waals surface area contributed by atoms with Crippen molar-refractivity contribution in [3.8, 4) is 0 Å². The zero-order chi connectivity index (χ0) is 16.2. The van der Waals surface area contributed by atoms with E-state index in [-0.39, 0.29) is 12.4 Å². The Morgan fingerprint density at radius 1 is 1.09 bits per heavy atom. The average Bonchev–Trinajstić information content (AvgIpc) is 2.37.